The minimum absolute atomic E-state index is 0.460. The first-order valence-electron chi connectivity index (χ1n) is 8.32. The molecule has 128 valence electrons. The van der Waals surface area contributed by atoms with Crippen LogP contribution in [-0.2, 0) is 0 Å². The molecular weight excluding hydrogens is 350 g/mol. The molecule has 4 aromatic rings. The summed E-state index contributed by atoms with van der Waals surface area (Å²) < 4.78 is 3.63. The van der Waals surface area contributed by atoms with E-state index in [0.717, 1.165) is 41.6 Å². The van der Waals surface area contributed by atoms with Crippen molar-refractivity contribution in [3.8, 4) is 22.9 Å². The van der Waals surface area contributed by atoms with E-state index in [2.05, 4.69) is 15.2 Å². The molecule has 1 saturated carbocycles. The molecule has 1 aliphatic rings. The number of nitrogens with zero attached hydrogens (tertiary/aromatic N) is 7. The Morgan fingerprint density at radius 3 is 2.50 bits per heavy atom. The molecule has 0 amide bonds. The highest BCUT2D eigenvalue weighted by Gasteiger charge is 2.29. The summed E-state index contributed by atoms with van der Waals surface area (Å²) in [5.41, 5.74) is 1.85. The van der Waals surface area contributed by atoms with E-state index in [9.17, 15) is 0 Å². The third-order valence-corrected chi connectivity index (χ3v) is 4.58. The average molecular weight is 364 g/mol. The fourth-order valence-electron chi connectivity index (χ4n) is 2.81. The molecule has 0 atom stereocenters. The van der Waals surface area contributed by atoms with Crippen LogP contribution in [0.5, 0.6) is 0 Å². The number of benzene rings is 1. The third-order valence-electron chi connectivity index (χ3n) is 4.32. The summed E-state index contributed by atoms with van der Waals surface area (Å²) in [5, 5.41) is 13.1. The molecule has 0 saturated heterocycles. The van der Waals surface area contributed by atoms with Gasteiger partial charge >= 0.3 is 0 Å². The zero-order valence-corrected chi connectivity index (χ0v) is 14.5. The highest BCUT2D eigenvalue weighted by Crippen LogP contribution is 2.39. The van der Waals surface area contributed by atoms with Crippen molar-refractivity contribution >= 4 is 11.6 Å². The van der Waals surface area contributed by atoms with Gasteiger partial charge in [0.25, 0.3) is 0 Å². The normalized spacial score (nSPS) is 13.9. The lowest BCUT2D eigenvalue weighted by molar-refractivity contribution is 0.838. The van der Waals surface area contributed by atoms with E-state index in [4.69, 9.17) is 21.7 Å². The molecule has 7 nitrogen and oxygen atoms in total. The standard InChI is InChI=1S/C18H14ClN7/c19-14-3-5-15(6-4-14)26-18(23-17(24-26)12-1-2-12)13-7-8-20-16(9-13)25-10-21-22-11-25/h3-12H,1-2H2. The first-order chi connectivity index (χ1) is 12.8. The largest absolute Gasteiger partial charge is 0.272 e. The van der Waals surface area contributed by atoms with Gasteiger partial charge in [0.05, 0.1) is 5.69 Å². The zero-order valence-electron chi connectivity index (χ0n) is 13.7. The Morgan fingerprint density at radius 1 is 1.00 bits per heavy atom. The number of hydrogen-bond acceptors (Lipinski definition) is 5. The van der Waals surface area contributed by atoms with Crippen LogP contribution in [0.4, 0.5) is 0 Å². The summed E-state index contributed by atoms with van der Waals surface area (Å²) >= 11 is 6.03. The van der Waals surface area contributed by atoms with Gasteiger partial charge in [-0.3, -0.25) is 4.57 Å². The van der Waals surface area contributed by atoms with E-state index >= 15 is 0 Å². The smallest absolute Gasteiger partial charge is 0.163 e. The third kappa shape index (κ3) is 2.76. The molecule has 0 unspecified atom stereocenters. The number of halogens is 1. The lowest BCUT2D eigenvalue weighted by Crippen LogP contribution is -2.01. The highest BCUT2D eigenvalue weighted by molar-refractivity contribution is 6.30. The van der Waals surface area contributed by atoms with Gasteiger partial charge in [-0.1, -0.05) is 11.6 Å². The van der Waals surface area contributed by atoms with E-state index in [0.29, 0.717) is 10.9 Å². The molecule has 0 spiro atoms. The molecular formula is C18H14ClN7. The van der Waals surface area contributed by atoms with Crippen LogP contribution in [0.2, 0.25) is 5.02 Å². The molecule has 1 aliphatic carbocycles. The van der Waals surface area contributed by atoms with Crippen LogP contribution in [0.25, 0.3) is 22.9 Å². The van der Waals surface area contributed by atoms with Crippen molar-refractivity contribution in [1.82, 2.24) is 34.5 Å². The van der Waals surface area contributed by atoms with Gasteiger partial charge in [0, 0.05) is 22.7 Å². The van der Waals surface area contributed by atoms with Gasteiger partial charge in [0.15, 0.2) is 11.6 Å². The van der Waals surface area contributed by atoms with Gasteiger partial charge in [0.2, 0.25) is 0 Å². The Kier molecular flexibility index (Phi) is 3.53. The minimum atomic E-state index is 0.460. The Balaban J connectivity index is 1.64. The van der Waals surface area contributed by atoms with Gasteiger partial charge in [-0.15, -0.1) is 10.2 Å². The van der Waals surface area contributed by atoms with Gasteiger partial charge in [-0.25, -0.2) is 14.6 Å². The lowest BCUT2D eigenvalue weighted by atomic mass is 10.2. The van der Waals surface area contributed by atoms with Crippen LogP contribution in [0.1, 0.15) is 24.6 Å². The fourth-order valence-corrected chi connectivity index (χ4v) is 2.94. The van der Waals surface area contributed by atoms with Crippen LogP contribution in [0.15, 0.2) is 55.2 Å². The zero-order chi connectivity index (χ0) is 17.5. The topological polar surface area (TPSA) is 74.3 Å². The Bertz CT molecular complexity index is 1050. The Labute approximate surface area is 154 Å². The van der Waals surface area contributed by atoms with Crippen LogP contribution in [0.3, 0.4) is 0 Å². The highest BCUT2D eigenvalue weighted by atomic mass is 35.5. The molecule has 1 aromatic carbocycles. The second kappa shape index (κ2) is 6.03. The van der Waals surface area contributed by atoms with Crippen LogP contribution < -0.4 is 0 Å². The molecule has 8 heteroatoms. The second-order valence-electron chi connectivity index (χ2n) is 6.23. The van der Waals surface area contributed by atoms with Crippen LogP contribution in [-0.4, -0.2) is 34.5 Å². The maximum absolute atomic E-state index is 6.03. The number of hydrogen-bond donors (Lipinski definition) is 0. The van der Waals surface area contributed by atoms with Gasteiger partial charge in [-0.2, -0.15) is 5.10 Å². The van der Waals surface area contributed by atoms with Crippen molar-refractivity contribution < 1.29 is 0 Å². The molecule has 3 aromatic heterocycles. The lowest BCUT2D eigenvalue weighted by Gasteiger charge is -2.07. The van der Waals surface area contributed by atoms with Crippen LogP contribution in [0, 0.1) is 0 Å². The maximum atomic E-state index is 6.03. The summed E-state index contributed by atoms with van der Waals surface area (Å²) in [6.07, 6.45) is 7.28. The van der Waals surface area contributed by atoms with E-state index in [1.54, 1.807) is 23.4 Å². The van der Waals surface area contributed by atoms with E-state index in [1.165, 1.54) is 0 Å². The molecule has 0 radical (unpaired) electrons. The van der Waals surface area contributed by atoms with E-state index in [-0.39, 0.29) is 0 Å². The van der Waals surface area contributed by atoms with Crippen molar-refractivity contribution in [2.24, 2.45) is 0 Å². The van der Waals surface area contributed by atoms with E-state index in [1.807, 2.05) is 41.1 Å². The number of aromatic nitrogens is 7. The number of rotatable bonds is 4. The van der Waals surface area contributed by atoms with Crippen molar-refractivity contribution in [3.05, 3.63) is 66.1 Å². The van der Waals surface area contributed by atoms with Crippen LogP contribution >= 0.6 is 11.6 Å². The summed E-state index contributed by atoms with van der Waals surface area (Å²) in [5.74, 6) is 2.86. The van der Waals surface area contributed by atoms with Crippen molar-refractivity contribution in [2.75, 3.05) is 0 Å². The monoisotopic (exact) mass is 363 g/mol. The van der Waals surface area contributed by atoms with Gasteiger partial charge in [-0.05, 0) is 49.2 Å². The predicted molar refractivity (Wildman–Crippen MR) is 96.5 cm³/mol. The Morgan fingerprint density at radius 2 is 1.77 bits per heavy atom. The summed E-state index contributed by atoms with van der Waals surface area (Å²) in [4.78, 5) is 9.20. The molecule has 3 heterocycles. The van der Waals surface area contributed by atoms with Crippen molar-refractivity contribution in [2.45, 2.75) is 18.8 Å². The second-order valence-corrected chi connectivity index (χ2v) is 6.66. The maximum Gasteiger partial charge on any atom is 0.163 e. The Hall–Kier alpha value is -3.06. The number of pyridine rings is 1. The average Bonchev–Trinajstić information content (AvgIpc) is 3.20. The van der Waals surface area contributed by atoms with Gasteiger partial charge < -0.3 is 0 Å². The minimum Gasteiger partial charge on any atom is -0.272 e. The molecule has 0 bridgehead atoms. The molecule has 1 fully saturated rings. The van der Waals surface area contributed by atoms with Gasteiger partial charge in [0.1, 0.15) is 18.5 Å². The molecule has 0 aliphatic heterocycles. The summed E-state index contributed by atoms with van der Waals surface area (Å²) in [7, 11) is 0. The SMILES string of the molecule is Clc1ccc(-n2nc(C3CC3)nc2-c2ccnc(-n3cnnc3)c2)cc1. The first-order valence-corrected chi connectivity index (χ1v) is 8.70. The summed E-state index contributed by atoms with van der Waals surface area (Å²) in [6, 6.07) is 11.5. The fraction of sp³-hybridized carbons (Fsp3) is 0.167. The quantitative estimate of drug-likeness (QED) is 0.555. The van der Waals surface area contributed by atoms with E-state index < -0.39 is 0 Å². The molecule has 26 heavy (non-hydrogen) atoms. The molecule has 0 N–H and O–H groups in total. The van der Waals surface area contributed by atoms with Crippen molar-refractivity contribution in [1.29, 1.82) is 0 Å². The predicted octanol–water partition coefficient (Wildman–Crippen LogP) is 3.44. The summed E-state index contributed by atoms with van der Waals surface area (Å²) in [6.45, 7) is 0. The first kappa shape index (κ1) is 15.2. The molecule has 5 rings (SSSR count). The van der Waals surface area contributed by atoms with Crippen molar-refractivity contribution in [3.63, 3.8) is 0 Å².